The van der Waals surface area contributed by atoms with Gasteiger partial charge in [-0.25, -0.2) is 10.0 Å². The van der Waals surface area contributed by atoms with Gasteiger partial charge in [-0.3, -0.25) is 9.59 Å². The maximum atomic E-state index is 14.4. The lowest BCUT2D eigenvalue weighted by molar-refractivity contribution is -0.122. The predicted molar refractivity (Wildman–Crippen MR) is 183 cm³/mol. The summed E-state index contributed by atoms with van der Waals surface area (Å²) in [6.07, 6.45) is 7.07. The average Bonchev–Trinajstić information content (AvgIpc) is 3.56. The van der Waals surface area contributed by atoms with E-state index in [9.17, 15) is 9.59 Å². The first-order chi connectivity index (χ1) is 21.9. The number of hydrogen-bond donors (Lipinski definition) is 0. The number of rotatable bonds is 14. The molecule has 3 aromatic carbocycles. The largest absolute Gasteiger partial charge is 0.494 e. The lowest BCUT2D eigenvalue weighted by atomic mass is 9.71. The summed E-state index contributed by atoms with van der Waals surface area (Å²) in [5.41, 5.74) is 6.12. The average molecular weight is 607 g/mol. The number of amides is 2. The van der Waals surface area contributed by atoms with Gasteiger partial charge in [0.2, 0.25) is 0 Å². The fourth-order valence-corrected chi connectivity index (χ4v) is 6.33. The fourth-order valence-electron chi connectivity index (χ4n) is 6.33. The molecule has 2 unspecified atom stereocenters. The second-order valence-corrected chi connectivity index (χ2v) is 12.2. The van der Waals surface area contributed by atoms with Crippen LogP contribution in [0.5, 0.6) is 5.75 Å². The number of aryl methyl sites for hydroxylation is 2. The van der Waals surface area contributed by atoms with Crippen molar-refractivity contribution >= 4 is 34.6 Å². The molecule has 0 saturated heterocycles. The molecule has 0 N–H and O–H groups in total. The van der Waals surface area contributed by atoms with Crippen molar-refractivity contribution in [3.05, 3.63) is 89.5 Å². The highest BCUT2D eigenvalue weighted by Gasteiger charge is 2.51. The highest BCUT2D eigenvalue weighted by molar-refractivity contribution is 6.20. The van der Waals surface area contributed by atoms with E-state index in [0.717, 1.165) is 58.1 Å². The molecule has 2 aliphatic heterocycles. The Labute approximate surface area is 268 Å². The minimum Gasteiger partial charge on any atom is -0.494 e. The van der Waals surface area contributed by atoms with Crippen LogP contribution in [0.3, 0.4) is 0 Å². The first-order valence-electron chi connectivity index (χ1n) is 16.5. The van der Waals surface area contributed by atoms with Gasteiger partial charge in [0.25, 0.3) is 11.8 Å². The second kappa shape index (κ2) is 14.7. The van der Waals surface area contributed by atoms with E-state index in [1.165, 1.54) is 29.3 Å². The monoisotopic (exact) mass is 606 g/mol. The molecule has 7 nitrogen and oxygen atoms in total. The Bertz CT molecular complexity index is 1440. The number of benzene rings is 3. The standard InChI is InChI=1S/C38H46N4O3/c1-6-9-10-11-12-25-45-31-23-17-28(18-24-31)34(35-32(7-2)39-41(37(35)43)29-19-13-26(4)14-20-29)36-33(8-3)40-42(38(36)44)30-21-15-27(5)16-22-30/h13-24,34-36H,6-12,25H2,1-5H3. The molecule has 0 fully saturated rings. The minimum absolute atomic E-state index is 0.120. The van der Waals surface area contributed by atoms with Crippen LogP contribution in [0, 0.1) is 25.7 Å². The van der Waals surface area contributed by atoms with Gasteiger partial charge in [-0.15, -0.1) is 0 Å². The van der Waals surface area contributed by atoms with Gasteiger partial charge in [-0.1, -0.05) is 94.0 Å². The number of carbonyl (C=O) groups excluding carboxylic acids is 2. The quantitative estimate of drug-likeness (QED) is 0.173. The SMILES string of the molecule is CCCCCCCOc1ccc(C(C2C(=O)N(c3ccc(C)cc3)N=C2CC)C2C(=O)N(c3ccc(C)cc3)N=C2CC)cc1. The van der Waals surface area contributed by atoms with Crippen LogP contribution in [0.2, 0.25) is 0 Å². The van der Waals surface area contributed by atoms with Crippen molar-refractivity contribution in [2.24, 2.45) is 22.0 Å². The van der Waals surface area contributed by atoms with Crippen LogP contribution in [0.1, 0.15) is 88.3 Å². The maximum absolute atomic E-state index is 14.4. The van der Waals surface area contributed by atoms with Crippen LogP contribution in [-0.2, 0) is 9.59 Å². The van der Waals surface area contributed by atoms with E-state index in [4.69, 9.17) is 14.9 Å². The highest BCUT2D eigenvalue weighted by atomic mass is 16.5. The van der Waals surface area contributed by atoms with Crippen molar-refractivity contribution in [3.8, 4) is 5.75 Å². The van der Waals surface area contributed by atoms with Crippen LogP contribution >= 0.6 is 0 Å². The van der Waals surface area contributed by atoms with Gasteiger partial charge in [-0.05, 0) is 75.1 Å². The highest BCUT2D eigenvalue weighted by Crippen LogP contribution is 2.44. The number of anilines is 2. The summed E-state index contributed by atoms with van der Waals surface area (Å²) in [6.45, 7) is 11.0. The van der Waals surface area contributed by atoms with E-state index in [1.807, 2.05) is 100 Å². The molecule has 0 saturated carbocycles. The molecule has 7 heteroatoms. The van der Waals surface area contributed by atoms with Gasteiger partial charge in [0.1, 0.15) is 5.75 Å². The first-order valence-corrected chi connectivity index (χ1v) is 16.5. The molecule has 3 aromatic rings. The van der Waals surface area contributed by atoms with Gasteiger partial charge in [0, 0.05) is 5.92 Å². The number of unbranched alkanes of at least 4 members (excludes halogenated alkanes) is 4. The number of carbonyl (C=O) groups is 2. The molecule has 2 amide bonds. The zero-order valence-corrected chi connectivity index (χ0v) is 27.3. The maximum Gasteiger partial charge on any atom is 0.256 e. The van der Waals surface area contributed by atoms with Crippen molar-refractivity contribution in [2.75, 3.05) is 16.6 Å². The van der Waals surface area contributed by atoms with Gasteiger partial charge in [0.15, 0.2) is 0 Å². The normalized spacial score (nSPS) is 18.8. The van der Waals surface area contributed by atoms with Crippen molar-refractivity contribution in [3.63, 3.8) is 0 Å². The lowest BCUT2D eigenvalue weighted by Gasteiger charge is -2.29. The zero-order valence-electron chi connectivity index (χ0n) is 27.3. The first kappa shape index (κ1) is 32.1. The lowest BCUT2D eigenvalue weighted by Crippen LogP contribution is -2.40. The third kappa shape index (κ3) is 7.03. The van der Waals surface area contributed by atoms with E-state index < -0.39 is 17.8 Å². The molecule has 45 heavy (non-hydrogen) atoms. The van der Waals surface area contributed by atoms with Gasteiger partial charge >= 0.3 is 0 Å². The molecule has 2 atom stereocenters. The zero-order chi connectivity index (χ0) is 31.9. The third-order valence-electron chi connectivity index (χ3n) is 8.91. The van der Waals surface area contributed by atoms with E-state index in [1.54, 1.807) is 0 Å². The molecular formula is C38H46N4O3. The minimum atomic E-state index is -0.606. The van der Waals surface area contributed by atoms with E-state index in [2.05, 4.69) is 6.92 Å². The van der Waals surface area contributed by atoms with Crippen molar-refractivity contribution in [1.29, 1.82) is 0 Å². The molecule has 0 spiro atoms. The smallest absolute Gasteiger partial charge is 0.256 e. The fraction of sp³-hybridized carbons (Fsp3) is 0.421. The molecular weight excluding hydrogens is 560 g/mol. The van der Waals surface area contributed by atoms with Crippen LogP contribution in [-0.4, -0.2) is 29.8 Å². The summed E-state index contributed by atoms with van der Waals surface area (Å²) >= 11 is 0. The Morgan fingerprint density at radius 3 is 1.56 bits per heavy atom. The van der Waals surface area contributed by atoms with Crippen LogP contribution in [0.4, 0.5) is 11.4 Å². The van der Waals surface area contributed by atoms with E-state index in [-0.39, 0.29) is 11.8 Å². The molecule has 5 rings (SSSR count). The van der Waals surface area contributed by atoms with Gasteiger partial charge < -0.3 is 4.74 Å². The Hall–Kier alpha value is -4.26. The Morgan fingerprint density at radius 1 is 0.644 bits per heavy atom. The molecule has 0 bridgehead atoms. The molecule has 0 radical (unpaired) electrons. The summed E-state index contributed by atoms with van der Waals surface area (Å²) in [5.74, 6) is -1.14. The van der Waals surface area contributed by atoms with E-state index in [0.29, 0.717) is 19.4 Å². The molecule has 2 aliphatic rings. The number of nitrogens with zero attached hydrogens (tertiary/aromatic N) is 4. The van der Waals surface area contributed by atoms with Crippen molar-refractivity contribution < 1.29 is 14.3 Å². The van der Waals surface area contributed by atoms with Crippen LogP contribution in [0.25, 0.3) is 0 Å². The van der Waals surface area contributed by atoms with Crippen molar-refractivity contribution in [1.82, 2.24) is 0 Å². The Balaban J connectivity index is 1.49. The summed E-state index contributed by atoms with van der Waals surface area (Å²) < 4.78 is 6.07. The topological polar surface area (TPSA) is 74.6 Å². The Kier molecular flexibility index (Phi) is 10.5. The number of hydrogen-bond acceptors (Lipinski definition) is 5. The molecule has 236 valence electrons. The summed E-state index contributed by atoms with van der Waals surface area (Å²) in [7, 11) is 0. The molecule has 2 heterocycles. The summed E-state index contributed by atoms with van der Waals surface area (Å²) in [4.78, 5) is 28.7. The number of ether oxygens (including phenoxy) is 1. The van der Waals surface area contributed by atoms with Crippen LogP contribution < -0.4 is 14.8 Å². The van der Waals surface area contributed by atoms with Gasteiger partial charge in [-0.2, -0.15) is 10.2 Å². The molecule has 0 aliphatic carbocycles. The molecule has 0 aromatic heterocycles. The van der Waals surface area contributed by atoms with Gasteiger partial charge in [0.05, 0.1) is 41.2 Å². The second-order valence-electron chi connectivity index (χ2n) is 12.2. The van der Waals surface area contributed by atoms with Crippen LogP contribution in [0.15, 0.2) is 83.0 Å². The summed E-state index contributed by atoms with van der Waals surface area (Å²) in [5, 5.41) is 12.7. The predicted octanol–water partition coefficient (Wildman–Crippen LogP) is 8.59. The number of hydrazone groups is 2. The Morgan fingerprint density at radius 2 is 1.11 bits per heavy atom. The third-order valence-corrected chi connectivity index (χ3v) is 8.91. The van der Waals surface area contributed by atoms with E-state index >= 15 is 0 Å². The van der Waals surface area contributed by atoms with Crippen molar-refractivity contribution in [2.45, 2.75) is 85.5 Å². The summed E-state index contributed by atoms with van der Waals surface area (Å²) in [6, 6.07) is 23.6.